The van der Waals surface area contributed by atoms with Crippen LogP contribution in [-0.2, 0) is 6.42 Å². The number of nitrogens with zero attached hydrogens (tertiary/aromatic N) is 2. The second kappa shape index (κ2) is 5.14. The van der Waals surface area contributed by atoms with Gasteiger partial charge in [-0.2, -0.15) is 0 Å². The maximum absolute atomic E-state index is 6.20. The van der Waals surface area contributed by atoms with Crippen molar-refractivity contribution in [2.24, 2.45) is 5.73 Å². The van der Waals surface area contributed by atoms with Gasteiger partial charge in [0.25, 0.3) is 0 Å². The van der Waals surface area contributed by atoms with E-state index in [1.165, 1.54) is 43.6 Å². The van der Waals surface area contributed by atoms with Crippen LogP contribution in [0.4, 0.5) is 5.69 Å². The Kier molecular flexibility index (Phi) is 3.50. The van der Waals surface area contributed by atoms with Crippen LogP contribution in [-0.4, -0.2) is 43.2 Å². The Labute approximate surface area is 116 Å². The predicted molar refractivity (Wildman–Crippen MR) is 80.6 cm³/mol. The first-order valence-corrected chi connectivity index (χ1v) is 7.57. The number of para-hydroxylation sites is 1. The topological polar surface area (TPSA) is 32.5 Å². The standard InChI is InChI=1S/C16H25N3/c1-2-18-11-8-16(13-17,9-12-18)19-10-7-14-5-3-4-6-15(14)19/h3-6H,2,7-13,17H2,1H3. The minimum Gasteiger partial charge on any atom is -0.364 e. The van der Waals surface area contributed by atoms with Gasteiger partial charge in [-0.1, -0.05) is 25.1 Å². The molecule has 3 nitrogen and oxygen atoms in total. The lowest BCUT2D eigenvalue weighted by Crippen LogP contribution is -2.59. The van der Waals surface area contributed by atoms with E-state index in [-0.39, 0.29) is 5.54 Å². The Morgan fingerprint density at radius 3 is 2.58 bits per heavy atom. The van der Waals surface area contributed by atoms with E-state index in [4.69, 9.17) is 5.73 Å². The lowest BCUT2D eigenvalue weighted by molar-refractivity contribution is 0.166. The molecule has 2 N–H and O–H groups in total. The number of likely N-dealkylation sites (tertiary alicyclic amines) is 1. The molecule has 1 fully saturated rings. The largest absolute Gasteiger partial charge is 0.364 e. The van der Waals surface area contributed by atoms with Crippen molar-refractivity contribution in [2.75, 3.05) is 37.6 Å². The van der Waals surface area contributed by atoms with Crippen LogP contribution in [0.1, 0.15) is 25.3 Å². The Morgan fingerprint density at radius 1 is 1.16 bits per heavy atom. The molecule has 0 bridgehead atoms. The number of piperidine rings is 1. The molecule has 3 rings (SSSR count). The molecule has 0 amide bonds. The molecule has 0 saturated carbocycles. The van der Waals surface area contributed by atoms with E-state index in [1.54, 1.807) is 0 Å². The predicted octanol–water partition coefficient (Wildman–Crippen LogP) is 1.86. The molecule has 1 aromatic carbocycles. The fraction of sp³-hybridized carbons (Fsp3) is 0.625. The van der Waals surface area contributed by atoms with Gasteiger partial charge in [0.1, 0.15) is 0 Å². The zero-order valence-corrected chi connectivity index (χ0v) is 11.9. The molecular weight excluding hydrogens is 234 g/mol. The van der Waals surface area contributed by atoms with Crippen molar-refractivity contribution >= 4 is 5.69 Å². The third-order valence-electron chi connectivity index (χ3n) is 5.07. The summed E-state index contributed by atoms with van der Waals surface area (Å²) in [5.74, 6) is 0. The van der Waals surface area contributed by atoms with Gasteiger partial charge in [0.05, 0.1) is 5.54 Å². The molecule has 1 saturated heterocycles. The summed E-state index contributed by atoms with van der Waals surface area (Å²) in [7, 11) is 0. The molecule has 2 heterocycles. The van der Waals surface area contributed by atoms with Gasteiger partial charge in [0.2, 0.25) is 0 Å². The Morgan fingerprint density at radius 2 is 1.89 bits per heavy atom. The molecule has 0 aromatic heterocycles. The summed E-state index contributed by atoms with van der Waals surface area (Å²) in [6, 6.07) is 8.84. The quantitative estimate of drug-likeness (QED) is 0.899. The monoisotopic (exact) mass is 259 g/mol. The van der Waals surface area contributed by atoms with E-state index in [0.717, 1.165) is 19.6 Å². The minimum atomic E-state index is 0.193. The maximum atomic E-state index is 6.20. The molecule has 104 valence electrons. The normalized spacial score (nSPS) is 22.5. The van der Waals surface area contributed by atoms with Crippen LogP contribution >= 0.6 is 0 Å². The lowest BCUT2D eigenvalue weighted by atomic mass is 9.85. The average molecular weight is 259 g/mol. The fourth-order valence-electron chi connectivity index (χ4n) is 3.70. The molecule has 0 radical (unpaired) electrons. The van der Waals surface area contributed by atoms with Crippen molar-refractivity contribution in [2.45, 2.75) is 31.7 Å². The third-order valence-corrected chi connectivity index (χ3v) is 5.07. The molecule has 2 aliphatic heterocycles. The van der Waals surface area contributed by atoms with E-state index < -0.39 is 0 Å². The molecular formula is C16H25N3. The van der Waals surface area contributed by atoms with Crippen LogP contribution in [0.5, 0.6) is 0 Å². The summed E-state index contributed by atoms with van der Waals surface area (Å²) in [5.41, 5.74) is 9.32. The van der Waals surface area contributed by atoms with Crippen LogP contribution in [0.3, 0.4) is 0 Å². The van der Waals surface area contributed by atoms with Gasteiger partial charge in [0.15, 0.2) is 0 Å². The summed E-state index contributed by atoms with van der Waals surface area (Å²) in [6.45, 7) is 7.71. The number of benzene rings is 1. The number of hydrogen-bond donors (Lipinski definition) is 1. The van der Waals surface area contributed by atoms with Gasteiger partial charge in [-0.3, -0.25) is 0 Å². The Bertz CT molecular complexity index is 435. The highest BCUT2D eigenvalue weighted by Crippen LogP contribution is 2.38. The number of anilines is 1. The van der Waals surface area contributed by atoms with Gasteiger partial charge < -0.3 is 15.5 Å². The van der Waals surface area contributed by atoms with Crippen molar-refractivity contribution < 1.29 is 0 Å². The molecule has 0 unspecified atom stereocenters. The fourth-order valence-corrected chi connectivity index (χ4v) is 3.70. The highest BCUT2D eigenvalue weighted by atomic mass is 15.3. The first-order valence-electron chi connectivity index (χ1n) is 7.57. The molecule has 19 heavy (non-hydrogen) atoms. The lowest BCUT2D eigenvalue weighted by Gasteiger charge is -2.48. The van der Waals surface area contributed by atoms with E-state index in [1.807, 2.05) is 0 Å². The summed E-state index contributed by atoms with van der Waals surface area (Å²) in [6.07, 6.45) is 3.58. The van der Waals surface area contributed by atoms with E-state index in [2.05, 4.69) is 41.0 Å². The van der Waals surface area contributed by atoms with Gasteiger partial charge in [-0.15, -0.1) is 0 Å². The SMILES string of the molecule is CCN1CCC(CN)(N2CCc3ccccc32)CC1. The molecule has 1 aromatic rings. The smallest absolute Gasteiger partial charge is 0.0548 e. The van der Waals surface area contributed by atoms with Gasteiger partial charge in [-0.05, 0) is 37.4 Å². The van der Waals surface area contributed by atoms with Crippen molar-refractivity contribution in [1.82, 2.24) is 4.90 Å². The molecule has 3 heteroatoms. The van der Waals surface area contributed by atoms with Crippen LogP contribution in [0, 0.1) is 0 Å². The number of fused-ring (bicyclic) bond motifs is 1. The van der Waals surface area contributed by atoms with E-state index in [0.29, 0.717) is 0 Å². The highest BCUT2D eigenvalue weighted by molar-refractivity contribution is 5.60. The Balaban J connectivity index is 1.84. The van der Waals surface area contributed by atoms with Crippen LogP contribution < -0.4 is 10.6 Å². The molecule has 0 atom stereocenters. The van der Waals surface area contributed by atoms with Crippen LogP contribution in [0.25, 0.3) is 0 Å². The first kappa shape index (κ1) is 12.9. The summed E-state index contributed by atoms with van der Waals surface area (Å²) < 4.78 is 0. The number of hydrogen-bond acceptors (Lipinski definition) is 3. The van der Waals surface area contributed by atoms with Gasteiger partial charge in [-0.25, -0.2) is 0 Å². The second-order valence-corrected chi connectivity index (χ2v) is 5.89. The first-order chi connectivity index (χ1) is 9.29. The Hall–Kier alpha value is -1.06. The summed E-state index contributed by atoms with van der Waals surface area (Å²) >= 11 is 0. The number of rotatable bonds is 3. The average Bonchev–Trinajstić information content (AvgIpc) is 2.92. The van der Waals surface area contributed by atoms with Gasteiger partial charge >= 0.3 is 0 Å². The third kappa shape index (κ3) is 2.15. The molecule has 2 aliphatic rings. The van der Waals surface area contributed by atoms with Crippen molar-refractivity contribution in [1.29, 1.82) is 0 Å². The van der Waals surface area contributed by atoms with Crippen molar-refractivity contribution in [3.05, 3.63) is 29.8 Å². The highest BCUT2D eigenvalue weighted by Gasteiger charge is 2.40. The minimum absolute atomic E-state index is 0.193. The zero-order chi connectivity index (χ0) is 13.3. The van der Waals surface area contributed by atoms with Crippen molar-refractivity contribution in [3.63, 3.8) is 0 Å². The van der Waals surface area contributed by atoms with Crippen LogP contribution in [0.15, 0.2) is 24.3 Å². The second-order valence-electron chi connectivity index (χ2n) is 5.89. The van der Waals surface area contributed by atoms with E-state index >= 15 is 0 Å². The molecule has 0 aliphatic carbocycles. The zero-order valence-electron chi connectivity index (χ0n) is 11.9. The number of nitrogens with two attached hydrogens (primary N) is 1. The van der Waals surface area contributed by atoms with Gasteiger partial charge in [0, 0.05) is 31.9 Å². The van der Waals surface area contributed by atoms with Crippen molar-refractivity contribution in [3.8, 4) is 0 Å². The maximum Gasteiger partial charge on any atom is 0.0548 e. The summed E-state index contributed by atoms with van der Waals surface area (Å²) in [4.78, 5) is 5.14. The van der Waals surface area contributed by atoms with E-state index in [9.17, 15) is 0 Å². The molecule has 0 spiro atoms. The van der Waals surface area contributed by atoms with Crippen LogP contribution in [0.2, 0.25) is 0 Å². The summed E-state index contributed by atoms with van der Waals surface area (Å²) in [5, 5.41) is 0.